The highest BCUT2D eigenvalue weighted by molar-refractivity contribution is 7.99. The van der Waals surface area contributed by atoms with Crippen molar-refractivity contribution in [2.24, 2.45) is 0 Å². The highest BCUT2D eigenvalue weighted by Gasteiger charge is 2.18. The monoisotopic (exact) mass is 173 g/mol. The van der Waals surface area contributed by atoms with Crippen molar-refractivity contribution < 1.29 is 4.79 Å². The van der Waals surface area contributed by atoms with E-state index in [0.29, 0.717) is 5.57 Å². The lowest BCUT2D eigenvalue weighted by molar-refractivity contribution is -0.118. The summed E-state index contributed by atoms with van der Waals surface area (Å²) in [5, 5.41) is 2.83. The van der Waals surface area contributed by atoms with Crippen LogP contribution in [0.4, 0.5) is 0 Å². The normalized spacial score (nSPS) is 10.9. The van der Waals surface area contributed by atoms with E-state index in [4.69, 9.17) is 0 Å². The van der Waals surface area contributed by atoms with Crippen LogP contribution in [-0.2, 0) is 4.79 Å². The molecule has 0 aromatic heterocycles. The van der Waals surface area contributed by atoms with E-state index in [2.05, 4.69) is 11.9 Å². The predicted molar refractivity (Wildman–Crippen MR) is 50.6 cm³/mol. The molecular weight excluding hydrogens is 158 g/mol. The Morgan fingerprint density at radius 3 is 2.27 bits per heavy atom. The third-order valence-corrected chi connectivity index (χ3v) is 2.44. The zero-order chi connectivity index (χ0) is 9.07. The van der Waals surface area contributed by atoms with E-state index in [1.165, 1.54) is 0 Å². The Morgan fingerprint density at radius 1 is 1.55 bits per heavy atom. The summed E-state index contributed by atoms with van der Waals surface area (Å²) < 4.78 is 0. The molecule has 0 saturated carbocycles. The van der Waals surface area contributed by atoms with Crippen LogP contribution in [0.15, 0.2) is 12.2 Å². The largest absolute Gasteiger partial charge is 0.338 e. The first kappa shape index (κ1) is 10.6. The lowest BCUT2D eigenvalue weighted by Crippen LogP contribution is -2.40. The number of carbonyl (C=O) groups is 1. The summed E-state index contributed by atoms with van der Waals surface area (Å²) >= 11 is 1.60. The molecule has 0 aliphatic rings. The van der Waals surface area contributed by atoms with Gasteiger partial charge in [0.15, 0.2) is 0 Å². The third kappa shape index (κ3) is 4.09. The molecule has 0 radical (unpaired) electrons. The van der Waals surface area contributed by atoms with Crippen molar-refractivity contribution in [1.29, 1.82) is 0 Å². The first-order valence-electron chi connectivity index (χ1n) is 3.42. The molecule has 0 atom stereocenters. The van der Waals surface area contributed by atoms with Crippen LogP contribution >= 0.6 is 11.8 Å². The van der Waals surface area contributed by atoms with E-state index in [9.17, 15) is 4.79 Å². The molecule has 0 aliphatic carbocycles. The number of thioether (sulfide) groups is 1. The summed E-state index contributed by atoms with van der Waals surface area (Å²) in [7, 11) is 0. The fraction of sp³-hybridized carbons (Fsp3) is 0.625. The van der Waals surface area contributed by atoms with Gasteiger partial charge in [-0.2, -0.15) is 0 Å². The fourth-order valence-corrected chi connectivity index (χ4v) is 0.626. The van der Waals surface area contributed by atoms with E-state index in [1.807, 2.05) is 20.1 Å². The molecule has 64 valence electrons. The summed E-state index contributed by atoms with van der Waals surface area (Å²) in [6.07, 6.45) is 1.96. The molecule has 0 spiro atoms. The number of rotatable bonds is 3. The van der Waals surface area contributed by atoms with Gasteiger partial charge in [-0.05, 0) is 27.0 Å². The maximum Gasteiger partial charge on any atom is 0.247 e. The second-order valence-electron chi connectivity index (χ2n) is 2.95. The Labute approximate surface area is 72.4 Å². The number of amides is 1. The number of hydrogen-bond donors (Lipinski definition) is 1. The lowest BCUT2D eigenvalue weighted by atomic mass is 10.3. The van der Waals surface area contributed by atoms with Crippen molar-refractivity contribution in [3.05, 3.63) is 12.2 Å². The third-order valence-electron chi connectivity index (χ3n) is 1.31. The van der Waals surface area contributed by atoms with Crippen LogP contribution in [0.1, 0.15) is 20.8 Å². The molecule has 0 rings (SSSR count). The fourth-order valence-electron chi connectivity index (χ4n) is 0.431. The van der Waals surface area contributed by atoms with E-state index in [0.717, 1.165) is 0 Å². The van der Waals surface area contributed by atoms with Crippen molar-refractivity contribution in [2.45, 2.75) is 25.6 Å². The lowest BCUT2D eigenvalue weighted by Gasteiger charge is -2.23. The van der Waals surface area contributed by atoms with Crippen molar-refractivity contribution in [1.82, 2.24) is 5.32 Å². The molecule has 3 heteroatoms. The van der Waals surface area contributed by atoms with Gasteiger partial charge >= 0.3 is 0 Å². The average molecular weight is 173 g/mol. The summed E-state index contributed by atoms with van der Waals surface area (Å²) in [6, 6.07) is 0. The van der Waals surface area contributed by atoms with Crippen molar-refractivity contribution >= 4 is 17.7 Å². The van der Waals surface area contributed by atoms with Gasteiger partial charge < -0.3 is 5.32 Å². The first-order valence-corrected chi connectivity index (χ1v) is 4.64. The molecule has 0 aliphatic heterocycles. The molecule has 0 heterocycles. The van der Waals surface area contributed by atoms with Crippen LogP contribution < -0.4 is 5.32 Å². The second-order valence-corrected chi connectivity index (χ2v) is 4.38. The first-order chi connectivity index (χ1) is 4.89. The van der Waals surface area contributed by atoms with Gasteiger partial charge in [-0.15, -0.1) is 11.8 Å². The van der Waals surface area contributed by atoms with E-state index < -0.39 is 0 Å². The van der Waals surface area contributed by atoms with E-state index in [-0.39, 0.29) is 10.8 Å². The molecule has 1 N–H and O–H groups in total. The Morgan fingerprint density at radius 2 is 2.00 bits per heavy atom. The maximum atomic E-state index is 11.1. The Kier molecular flexibility index (Phi) is 3.66. The molecule has 0 saturated heterocycles. The van der Waals surface area contributed by atoms with Gasteiger partial charge in [0.2, 0.25) is 5.91 Å². The summed E-state index contributed by atoms with van der Waals surface area (Å²) in [6.45, 7) is 9.17. The second kappa shape index (κ2) is 3.81. The average Bonchev–Trinajstić information content (AvgIpc) is 1.87. The molecule has 0 aromatic rings. The highest BCUT2D eigenvalue weighted by atomic mass is 32.2. The summed E-state index contributed by atoms with van der Waals surface area (Å²) in [4.78, 5) is 10.9. The van der Waals surface area contributed by atoms with Crippen molar-refractivity contribution in [3.8, 4) is 0 Å². The van der Waals surface area contributed by atoms with Crippen LogP contribution in [0.25, 0.3) is 0 Å². The summed E-state index contributed by atoms with van der Waals surface area (Å²) in [5.74, 6) is -0.0793. The zero-order valence-electron chi connectivity index (χ0n) is 7.52. The predicted octanol–water partition coefficient (Wildman–Crippen LogP) is 1.78. The van der Waals surface area contributed by atoms with Crippen LogP contribution in [0.5, 0.6) is 0 Å². The quantitative estimate of drug-likeness (QED) is 0.520. The minimum atomic E-state index is -0.198. The van der Waals surface area contributed by atoms with Gasteiger partial charge in [-0.1, -0.05) is 6.58 Å². The highest BCUT2D eigenvalue weighted by Crippen LogP contribution is 2.17. The maximum absolute atomic E-state index is 11.1. The molecule has 1 amide bonds. The van der Waals surface area contributed by atoms with Crippen LogP contribution in [0, 0.1) is 0 Å². The standard InChI is InChI=1S/C8H15NOS/c1-6(2)7(10)9-8(3,4)11-5/h1H2,2-5H3,(H,9,10). The van der Waals surface area contributed by atoms with Gasteiger partial charge in [-0.3, -0.25) is 4.79 Å². The number of hydrogen-bond acceptors (Lipinski definition) is 2. The zero-order valence-corrected chi connectivity index (χ0v) is 8.34. The van der Waals surface area contributed by atoms with Crippen LogP contribution in [0.2, 0.25) is 0 Å². The SMILES string of the molecule is C=C(C)C(=O)NC(C)(C)SC. The smallest absolute Gasteiger partial charge is 0.247 e. The van der Waals surface area contributed by atoms with Crippen LogP contribution in [-0.4, -0.2) is 17.0 Å². The molecular formula is C8H15NOS. The topological polar surface area (TPSA) is 29.1 Å². The Bertz CT molecular complexity index is 175. The van der Waals surface area contributed by atoms with Crippen molar-refractivity contribution in [3.63, 3.8) is 0 Å². The molecule has 0 fully saturated rings. The molecule has 0 bridgehead atoms. The minimum Gasteiger partial charge on any atom is -0.338 e. The van der Waals surface area contributed by atoms with Gasteiger partial charge in [-0.25, -0.2) is 0 Å². The molecule has 2 nitrogen and oxygen atoms in total. The van der Waals surface area contributed by atoms with Crippen molar-refractivity contribution in [2.75, 3.05) is 6.26 Å². The minimum absolute atomic E-state index is 0.0793. The Hall–Kier alpha value is -0.440. The van der Waals surface area contributed by atoms with E-state index >= 15 is 0 Å². The van der Waals surface area contributed by atoms with Gasteiger partial charge in [0.1, 0.15) is 0 Å². The molecule has 11 heavy (non-hydrogen) atoms. The van der Waals surface area contributed by atoms with E-state index in [1.54, 1.807) is 18.7 Å². The van der Waals surface area contributed by atoms with Gasteiger partial charge in [0, 0.05) is 5.57 Å². The molecule has 0 aromatic carbocycles. The number of carbonyl (C=O) groups excluding carboxylic acids is 1. The van der Waals surface area contributed by atoms with Gasteiger partial charge in [0.25, 0.3) is 0 Å². The molecule has 0 unspecified atom stereocenters. The number of nitrogens with one attached hydrogen (secondary N) is 1. The Balaban J connectivity index is 4.04. The van der Waals surface area contributed by atoms with Gasteiger partial charge in [0.05, 0.1) is 4.87 Å². The summed E-state index contributed by atoms with van der Waals surface area (Å²) in [5.41, 5.74) is 0.548. The van der Waals surface area contributed by atoms with Crippen LogP contribution in [0.3, 0.4) is 0 Å².